The predicted molar refractivity (Wildman–Crippen MR) is 92.7 cm³/mol. The molecular weight excluding hydrogens is 294 g/mol. The van der Waals surface area contributed by atoms with Crippen LogP contribution in [0.2, 0.25) is 0 Å². The van der Waals surface area contributed by atoms with Crippen LogP contribution in [0.4, 0.5) is 5.69 Å². The molecule has 118 valence electrons. The van der Waals surface area contributed by atoms with Crippen molar-refractivity contribution in [3.63, 3.8) is 0 Å². The highest BCUT2D eigenvalue weighted by Gasteiger charge is 2.14. The van der Waals surface area contributed by atoms with Gasteiger partial charge in [0.25, 0.3) is 0 Å². The van der Waals surface area contributed by atoms with E-state index in [0.29, 0.717) is 6.42 Å². The summed E-state index contributed by atoms with van der Waals surface area (Å²) in [6, 6.07) is 15.8. The number of aryl methyl sites for hydroxylation is 3. The van der Waals surface area contributed by atoms with Crippen molar-refractivity contribution >= 4 is 15.7 Å². The number of rotatable bonds is 7. The molecule has 0 bridgehead atoms. The maximum atomic E-state index is 12.3. The molecule has 0 aliphatic carbocycles. The van der Waals surface area contributed by atoms with Gasteiger partial charge in [0.2, 0.25) is 10.0 Å². The van der Waals surface area contributed by atoms with Gasteiger partial charge >= 0.3 is 0 Å². The molecule has 2 aromatic carbocycles. The van der Waals surface area contributed by atoms with E-state index in [-0.39, 0.29) is 5.75 Å². The summed E-state index contributed by atoms with van der Waals surface area (Å²) in [5.74, 6) is 0.138. The maximum Gasteiger partial charge on any atom is 0.232 e. The molecule has 0 heterocycles. The first-order chi connectivity index (χ1) is 10.5. The van der Waals surface area contributed by atoms with E-state index in [4.69, 9.17) is 0 Å². The summed E-state index contributed by atoms with van der Waals surface area (Å²) in [5.41, 5.74) is 3.91. The molecule has 0 saturated carbocycles. The monoisotopic (exact) mass is 317 g/mol. The Kier molecular flexibility index (Phi) is 5.61. The van der Waals surface area contributed by atoms with Gasteiger partial charge in [0.15, 0.2) is 0 Å². The van der Waals surface area contributed by atoms with Gasteiger partial charge in [0.1, 0.15) is 0 Å². The van der Waals surface area contributed by atoms with E-state index in [9.17, 15) is 8.42 Å². The predicted octanol–water partition coefficient (Wildman–Crippen LogP) is 3.93. The molecular formula is C18H23NO2S. The topological polar surface area (TPSA) is 46.2 Å². The number of nitrogens with one attached hydrogen (secondary N) is 1. The lowest BCUT2D eigenvalue weighted by atomic mass is 10.1. The lowest BCUT2D eigenvalue weighted by Crippen LogP contribution is -2.18. The molecule has 2 aromatic rings. The van der Waals surface area contributed by atoms with Gasteiger partial charge in [0, 0.05) is 0 Å². The molecule has 4 heteroatoms. The van der Waals surface area contributed by atoms with Crippen LogP contribution < -0.4 is 4.72 Å². The van der Waals surface area contributed by atoms with Gasteiger partial charge in [-0.3, -0.25) is 4.72 Å². The van der Waals surface area contributed by atoms with E-state index in [1.807, 2.05) is 62.4 Å². The molecule has 0 saturated heterocycles. The summed E-state index contributed by atoms with van der Waals surface area (Å²) in [4.78, 5) is 0. The van der Waals surface area contributed by atoms with E-state index in [0.717, 1.165) is 29.7 Å². The van der Waals surface area contributed by atoms with E-state index >= 15 is 0 Å². The fourth-order valence-electron chi connectivity index (χ4n) is 2.49. The third-order valence-corrected chi connectivity index (χ3v) is 5.06. The Hall–Kier alpha value is -1.81. The molecule has 0 aromatic heterocycles. The summed E-state index contributed by atoms with van der Waals surface area (Å²) in [6.45, 7) is 3.96. The number of para-hydroxylation sites is 1. The molecule has 0 aliphatic rings. The highest BCUT2D eigenvalue weighted by molar-refractivity contribution is 7.92. The van der Waals surface area contributed by atoms with Crippen molar-refractivity contribution in [2.75, 3.05) is 10.5 Å². The molecule has 22 heavy (non-hydrogen) atoms. The maximum absolute atomic E-state index is 12.3. The molecule has 0 radical (unpaired) electrons. The Labute approximate surface area is 133 Å². The van der Waals surface area contributed by atoms with Gasteiger partial charge in [-0.05, 0) is 42.9 Å². The normalized spacial score (nSPS) is 11.4. The Bertz CT molecular complexity index is 709. The molecule has 0 atom stereocenters. The fraction of sp³-hybridized carbons (Fsp3) is 0.333. The largest absolute Gasteiger partial charge is 0.283 e. The minimum atomic E-state index is -3.31. The first kappa shape index (κ1) is 16.6. The van der Waals surface area contributed by atoms with Gasteiger partial charge < -0.3 is 0 Å². The lowest BCUT2D eigenvalue weighted by Gasteiger charge is -2.14. The number of hydrogen-bond donors (Lipinski definition) is 1. The van der Waals surface area contributed by atoms with Crippen LogP contribution in [0.5, 0.6) is 0 Å². The molecule has 0 aliphatic heterocycles. The molecule has 1 N–H and O–H groups in total. The second-order valence-electron chi connectivity index (χ2n) is 5.47. The molecule has 3 nitrogen and oxygen atoms in total. The highest BCUT2D eigenvalue weighted by Crippen LogP contribution is 2.22. The van der Waals surface area contributed by atoms with Gasteiger partial charge in [-0.15, -0.1) is 0 Å². The second-order valence-corrected chi connectivity index (χ2v) is 7.31. The first-order valence-corrected chi connectivity index (χ1v) is 9.30. The van der Waals surface area contributed by atoms with Crippen LogP contribution in [0.3, 0.4) is 0 Å². The lowest BCUT2D eigenvalue weighted by molar-refractivity contribution is 0.598. The number of hydrogen-bond acceptors (Lipinski definition) is 2. The highest BCUT2D eigenvalue weighted by atomic mass is 32.2. The fourth-order valence-corrected chi connectivity index (χ4v) is 3.72. The van der Waals surface area contributed by atoms with Crippen LogP contribution >= 0.6 is 0 Å². The van der Waals surface area contributed by atoms with Gasteiger partial charge in [-0.2, -0.15) is 0 Å². The van der Waals surface area contributed by atoms with Crippen molar-refractivity contribution in [3.05, 3.63) is 65.2 Å². The van der Waals surface area contributed by atoms with Crippen molar-refractivity contribution in [1.29, 1.82) is 0 Å². The average molecular weight is 317 g/mol. The van der Waals surface area contributed by atoms with Crippen LogP contribution in [0, 0.1) is 6.92 Å². The standard InChI is InChI=1S/C18H23NO2S/c1-3-17-13-7-9-15(2)18(17)19-22(20,21)14-8-12-16-10-5-4-6-11-16/h4-7,9-11,13,19H,3,8,12,14H2,1-2H3. The van der Waals surface area contributed by atoms with Crippen molar-refractivity contribution in [2.24, 2.45) is 0 Å². The Morgan fingerprint density at radius 3 is 2.41 bits per heavy atom. The number of anilines is 1. The number of benzene rings is 2. The van der Waals surface area contributed by atoms with Crippen molar-refractivity contribution in [3.8, 4) is 0 Å². The van der Waals surface area contributed by atoms with Crippen molar-refractivity contribution in [2.45, 2.75) is 33.1 Å². The van der Waals surface area contributed by atoms with Crippen LogP contribution in [0.15, 0.2) is 48.5 Å². The molecule has 2 rings (SSSR count). The average Bonchev–Trinajstić information content (AvgIpc) is 2.50. The minimum Gasteiger partial charge on any atom is -0.283 e. The first-order valence-electron chi connectivity index (χ1n) is 7.65. The summed E-state index contributed by atoms with van der Waals surface area (Å²) in [6.07, 6.45) is 2.20. The molecule has 0 unspecified atom stereocenters. The van der Waals surface area contributed by atoms with Crippen LogP contribution in [0.25, 0.3) is 0 Å². The summed E-state index contributed by atoms with van der Waals surface area (Å²) in [7, 11) is -3.31. The van der Waals surface area contributed by atoms with Crippen molar-refractivity contribution in [1.82, 2.24) is 0 Å². The van der Waals surface area contributed by atoms with E-state index < -0.39 is 10.0 Å². The van der Waals surface area contributed by atoms with E-state index in [1.54, 1.807) is 0 Å². The van der Waals surface area contributed by atoms with Crippen molar-refractivity contribution < 1.29 is 8.42 Å². The summed E-state index contributed by atoms with van der Waals surface area (Å²) < 4.78 is 27.4. The van der Waals surface area contributed by atoms with Crippen LogP contribution in [0.1, 0.15) is 30.0 Å². The van der Waals surface area contributed by atoms with Gasteiger partial charge in [-0.1, -0.05) is 55.5 Å². The third kappa shape index (κ3) is 4.60. The van der Waals surface area contributed by atoms with Crippen LogP contribution in [-0.4, -0.2) is 14.2 Å². The van der Waals surface area contributed by atoms with Gasteiger partial charge in [0.05, 0.1) is 11.4 Å². The summed E-state index contributed by atoms with van der Waals surface area (Å²) in [5, 5.41) is 0. The van der Waals surface area contributed by atoms with E-state index in [2.05, 4.69) is 4.72 Å². The molecule has 0 fully saturated rings. The number of sulfonamides is 1. The molecule has 0 spiro atoms. The Morgan fingerprint density at radius 1 is 1.00 bits per heavy atom. The smallest absolute Gasteiger partial charge is 0.232 e. The molecule has 0 amide bonds. The zero-order valence-electron chi connectivity index (χ0n) is 13.2. The second kappa shape index (κ2) is 7.45. The zero-order valence-corrected chi connectivity index (χ0v) is 14.0. The zero-order chi connectivity index (χ0) is 16.0. The SMILES string of the molecule is CCc1cccc(C)c1NS(=O)(=O)CCCc1ccccc1. The minimum absolute atomic E-state index is 0.138. The Balaban J connectivity index is 2.00. The summed E-state index contributed by atoms with van der Waals surface area (Å²) >= 11 is 0. The van der Waals surface area contributed by atoms with E-state index in [1.165, 1.54) is 5.56 Å². The third-order valence-electron chi connectivity index (χ3n) is 3.72. The quantitative estimate of drug-likeness (QED) is 0.841. The van der Waals surface area contributed by atoms with Gasteiger partial charge in [-0.25, -0.2) is 8.42 Å². The Morgan fingerprint density at radius 2 is 1.73 bits per heavy atom. The van der Waals surface area contributed by atoms with Crippen LogP contribution in [-0.2, 0) is 22.9 Å².